The molecule has 1 aromatic heterocycles. The number of nitrogens with zero attached hydrogens (tertiary/aromatic N) is 2. The fourth-order valence-corrected chi connectivity index (χ4v) is 4.51. The van der Waals surface area contributed by atoms with Gasteiger partial charge in [0, 0.05) is 24.2 Å². The van der Waals surface area contributed by atoms with Crippen molar-refractivity contribution in [2.75, 3.05) is 18.1 Å². The molecule has 0 amide bonds. The minimum atomic E-state index is -0.329. The molecule has 5 nitrogen and oxygen atoms in total. The van der Waals surface area contributed by atoms with Crippen LogP contribution in [0.1, 0.15) is 56.7 Å². The van der Waals surface area contributed by atoms with Gasteiger partial charge < -0.3 is 15.0 Å². The Balaban J connectivity index is 1.83. The molecule has 0 aromatic carbocycles. The molecule has 0 bridgehead atoms. The fraction of sp³-hybridized carbons (Fsp3) is 0.857. The largest absolute Gasteiger partial charge is 0.367 e. The summed E-state index contributed by atoms with van der Waals surface area (Å²) < 4.78 is 11.5. The van der Waals surface area contributed by atoms with Gasteiger partial charge in [-0.2, -0.15) is 16.7 Å². The Kier molecular flexibility index (Phi) is 4.33. The third-order valence-electron chi connectivity index (χ3n) is 4.37. The van der Waals surface area contributed by atoms with E-state index in [1.807, 2.05) is 18.7 Å². The Hall–Kier alpha value is -0.590. The molecule has 2 atom stereocenters. The van der Waals surface area contributed by atoms with Gasteiger partial charge in [-0.05, 0) is 19.8 Å². The monoisotopic (exact) mass is 297 g/mol. The standard InChI is InChI=1S/C14H23N3O2S/c1-2-18-14(6-4-3-5-7-14)13-16-12(19-17-13)10-8-20-9-11(10)15/h10-11H,2-9,15H2,1H3. The summed E-state index contributed by atoms with van der Waals surface area (Å²) in [6.07, 6.45) is 5.59. The molecule has 0 radical (unpaired) electrons. The number of thioether (sulfide) groups is 1. The van der Waals surface area contributed by atoms with Gasteiger partial charge in [-0.15, -0.1) is 0 Å². The van der Waals surface area contributed by atoms with Crippen molar-refractivity contribution in [1.82, 2.24) is 10.1 Å². The molecule has 1 aliphatic carbocycles. The maximum Gasteiger partial charge on any atom is 0.232 e. The second-order valence-corrected chi connectivity index (χ2v) is 6.83. The van der Waals surface area contributed by atoms with Crippen LogP contribution >= 0.6 is 11.8 Å². The molecular formula is C14H23N3O2S. The van der Waals surface area contributed by atoms with Crippen molar-refractivity contribution in [2.45, 2.75) is 56.6 Å². The Morgan fingerprint density at radius 1 is 1.35 bits per heavy atom. The SMILES string of the molecule is CCOC1(c2noc(C3CSCC3N)n2)CCCCC1. The van der Waals surface area contributed by atoms with Gasteiger partial charge >= 0.3 is 0 Å². The van der Waals surface area contributed by atoms with E-state index in [1.54, 1.807) is 0 Å². The molecule has 112 valence electrons. The molecule has 2 N–H and O–H groups in total. The van der Waals surface area contributed by atoms with Crippen LogP contribution in [0.3, 0.4) is 0 Å². The van der Waals surface area contributed by atoms with E-state index in [2.05, 4.69) is 10.1 Å². The summed E-state index contributed by atoms with van der Waals surface area (Å²) >= 11 is 1.86. The van der Waals surface area contributed by atoms with E-state index in [4.69, 9.17) is 15.0 Å². The van der Waals surface area contributed by atoms with Crippen molar-refractivity contribution in [1.29, 1.82) is 0 Å². The van der Waals surface area contributed by atoms with Crippen molar-refractivity contribution in [3.8, 4) is 0 Å². The first-order valence-electron chi connectivity index (χ1n) is 7.56. The maximum atomic E-state index is 6.11. The van der Waals surface area contributed by atoms with Crippen LogP contribution in [0.25, 0.3) is 0 Å². The smallest absolute Gasteiger partial charge is 0.232 e. The normalized spacial score (nSPS) is 29.7. The summed E-state index contributed by atoms with van der Waals surface area (Å²) in [5.41, 5.74) is 5.78. The minimum absolute atomic E-state index is 0.127. The zero-order chi connectivity index (χ0) is 14.0. The van der Waals surface area contributed by atoms with Crippen LogP contribution in [0.5, 0.6) is 0 Å². The lowest BCUT2D eigenvalue weighted by Crippen LogP contribution is -2.34. The van der Waals surface area contributed by atoms with Gasteiger partial charge in [-0.3, -0.25) is 0 Å². The average Bonchev–Trinajstić information content (AvgIpc) is 3.08. The highest BCUT2D eigenvalue weighted by Crippen LogP contribution is 2.40. The van der Waals surface area contributed by atoms with Crippen molar-refractivity contribution in [3.63, 3.8) is 0 Å². The molecule has 1 aromatic rings. The number of nitrogens with two attached hydrogens (primary N) is 1. The highest BCUT2D eigenvalue weighted by atomic mass is 32.2. The summed E-state index contributed by atoms with van der Waals surface area (Å²) in [4.78, 5) is 4.66. The summed E-state index contributed by atoms with van der Waals surface area (Å²) in [5, 5.41) is 4.23. The molecule has 2 fully saturated rings. The molecule has 2 unspecified atom stereocenters. The third-order valence-corrected chi connectivity index (χ3v) is 5.59. The summed E-state index contributed by atoms with van der Waals surface area (Å²) in [7, 11) is 0. The zero-order valence-corrected chi connectivity index (χ0v) is 12.8. The molecule has 1 aliphatic heterocycles. The molecule has 20 heavy (non-hydrogen) atoms. The van der Waals surface area contributed by atoms with Crippen molar-refractivity contribution >= 4 is 11.8 Å². The molecule has 0 spiro atoms. The van der Waals surface area contributed by atoms with Crippen LogP contribution < -0.4 is 5.73 Å². The maximum absolute atomic E-state index is 6.11. The molecule has 3 rings (SSSR count). The van der Waals surface area contributed by atoms with Crippen molar-refractivity contribution in [3.05, 3.63) is 11.7 Å². The van der Waals surface area contributed by atoms with Crippen LogP contribution in [-0.4, -0.2) is 34.3 Å². The lowest BCUT2D eigenvalue weighted by molar-refractivity contribution is -0.0777. The Labute approximate surface area is 124 Å². The van der Waals surface area contributed by atoms with Gasteiger partial charge in [0.25, 0.3) is 0 Å². The van der Waals surface area contributed by atoms with E-state index < -0.39 is 0 Å². The van der Waals surface area contributed by atoms with Gasteiger partial charge in [-0.1, -0.05) is 24.4 Å². The van der Waals surface area contributed by atoms with Crippen molar-refractivity contribution in [2.24, 2.45) is 5.73 Å². The highest BCUT2D eigenvalue weighted by molar-refractivity contribution is 7.99. The molecule has 1 saturated carbocycles. The van der Waals surface area contributed by atoms with E-state index in [0.717, 1.165) is 30.2 Å². The topological polar surface area (TPSA) is 74.2 Å². The molecule has 2 aliphatic rings. The van der Waals surface area contributed by atoms with E-state index >= 15 is 0 Å². The number of hydrogen-bond acceptors (Lipinski definition) is 6. The van der Waals surface area contributed by atoms with Crippen LogP contribution in [0, 0.1) is 0 Å². The molecule has 6 heteroatoms. The van der Waals surface area contributed by atoms with Crippen LogP contribution in [0.15, 0.2) is 4.52 Å². The Morgan fingerprint density at radius 3 is 2.80 bits per heavy atom. The Bertz CT molecular complexity index is 440. The van der Waals surface area contributed by atoms with Crippen LogP contribution in [-0.2, 0) is 10.3 Å². The van der Waals surface area contributed by atoms with Crippen molar-refractivity contribution < 1.29 is 9.26 Å². The summed E-state index contributed by atoms with van der Waals surface area (Å²) in [6, 6.07) is 0.127. The second-order valence-electron chi connectivity index (χ2n) is 5.75. The average molecular weight is 297 g/mol. The van der Waals surface area contributed by atoms with E-state index in [1.165, 1.54) is 19.3 Å². The second kappa shape index (κ2) is 6.03. The minimum Gasteiger partial charge on any atom is -0.367 e. The fourth-order valence-electron chi connectivity index (χ4n) is 3.23. The predicted molar refractivity (Wildman–Crippen MR) is 78.7 cm³/mol. The lowest BCUT2D eigenvalue weighted by atomic mass is 9.84. The zero-order valence-electron chi connectivity index (χ0n) is 12.0. The lowest BCUT2D eigenvalue weighted by Gasteiger charge is -2.33. The van der Waals surface area contributed by atoms with Crippen LogP contribution in [0.2, 0.25) is 0 Å². The Morgan fingerprint density at radius 2 is 2.15 bits per heavy atom. The number of ether oxygens (including phenoxy) is 1. The van der Waals surface area contributed by atoms with Gasteiger partial charge in [-0.25, -0.2) is 0 Å². The van der Waals surface area contributed by atoms with Gasteiger partial charge in [0.2, 0.25) is 11.7 Å². The molecule has 1 saturated heterocycles. The number of hydrogen-bond donors (Lipinski definition) is 1. The number of rotatable bonds is 4. The van der Waals surface area contributed by atoms with Gasteiger partial charge in [0.1, 0.15) is 5.60 Å². The predicted octanol–water partition coefficient (Wildman–Crippen LogP) is 2.42. The number of aromatic nitrogens is 2. The van der Waals surface area contributed by atoms with Gasteiger partial charge in [0.15, 0.2) is 0 Å². The summed E-state index contributed by atoms with van der Waals surface area (Å²) in [5.74, 6) is 3.58. The summed E-state index contributed by atoms with van der Waals surface area (Å²) in [6.45, 7) is 2.71. The van der Waals surface area contributed by atoms with E-state index in [0.29, 0.717) is 12.5 Å². The molecule has 2 heterocycles. The third kappa shape index (κ3) is 2.61. The van der Waals surface area contributed by atoms with E-state index in [9.17, 15) is 0 Å². The highest BCUT2D eigenvalue weighted by Gasteiger charge is 2.40. The quantitative estimate of drug-likeness (QED) is 0.920. The first kappa shape index (κ1) is 14.4. The molecular weight excluding hydrogens is 274 g/mol. The van der Waals surface area contributed by atoms with Gasteiger partial charge in [0.05, 0.1) is 5.92 Å². The van der Waals surface area contributed by atoms with Crippen LogP contribution in [0.4, 0.5) is 0 Å². The van der Waals surface area contributed by atoms with E-state index in [-0.39, 0.29) is 17.6 Å². The first-order chi connectivity index (χ1) is 9.75. The first-order valence-corrected chi connectivity index (χ1v) is 8.72.